The van der Waals surface area contributed by atoms with E-state index in [0.717, 1.165) is 6.42 Å². The summed E-state index contributed by atoms with van der Waals surface area (Å²) in [6.07, 6.45) is 1.89. The van der Waals surface area contributed by atoms with Crippen molar-refractivity contribution in [3.8, 4) is 0 Å². The van der Waals surface area contributed by atoms with E-state index >= 15 is 0 Å². The van der Waals surface area contributed by atoms with Gasteiger partial charge in [0.15, 0.2) is 0 Å². The second-order valence-electron chi connectivity index (χ2n) is 4.73. The molecule has 1 saturated heterocycles. The smallest absolute Gasteiger partial charge is 0.329 e. The van der Waals surface area contributed by atoms with E-state index < -0.39 is 5.97 Å². The first-order valence-electron chi connectivity index (χ1n) is 6.28. The predicted octanol–water partition coefficient (Wildman–Crippen LogP) is -0.214. The van der Waals surface area contributed by atoms with Crippen LogP contribution in [0.1, 0.15) is 19.3 Å². The van der Waals surface area contributed by atoms with Crippen LogP contribution in [0.25, 0.3) is 0 Å². The number of hydrazine groups is 1. The molecule has 7 nitrogen and oxygen atoms in total. The van der Waals surface area contributed by atoms with Crippen molar-refractivity contribution in [1.82, 2.24) is 15.8 Å². The summed E-state index contributed by atoms with van der Waals surface area (Å²) in [7, 11) is 0. The van der Waals surface area contributed by atoms with Gasteiger partial charge in [0.2, 0.25) is 0 Å². The summed E-state index contributed by atoms with van der Waals surface area (Å²) >= 11 is 0. The van der Waals surface area contributed by atoms with Gasteiger partial charge in [-0.25, -0.2) is 9.80 Å². The predicted molar refractivity (Wildman–Crippen MR) is 62.8 cm³/mol. The van der Waals surface area contributed by atoms with Gasteiger partial charge in [-0.05, 0) is 19.3 Å². The molecule has 2 aliphatic rings. The average Bonchev–Trinajstić information content (AvgIpc) is 2.78. The van der Waals surface area contributed by atoms with Crippen molar-refractivity contribution in [2.24, 2.45) is 5.92 Å². The Hall–Kier alpha value is -1.34. The van der Waals surface area contributed by atoms with Crippen LogP contribution in [0.5, 0.6) is 0 Å². The zero-order valence-electron chi connectivity index (χ0n) is 10.2. The number of ether oxygens (including phenoxy) is 1. The molecule has 2 fully saturated rings. The van der Waals surface area contributed by atoms with Gasteiger partial charge in [-0.3, -0.25) is 10.2 Å². The molecule has 2 atom stereocenters. The van der Waals surface area contributed by atoms with Crippen LogP contribution in [0.2, 0.25) is 0 Å². The number of aliphatic carboxylic acids is 1. The van der Waals surface area contributed by atoms with E-state index in [2.05, 4.69) is 10.7 Å². The normalized spacial score (nSPS) is 28.9. The van der Waals surface area contributed by atoms with Crippen molar-refractivity contribution in [1.29, 1.82) is 0 Å². The molecule has 0 bridgehead atoms. The van der Waals surface area contributed by atoms with E-state index in [4.69, 9.17) is 9.84 Å². The standard InChI is InChI=1S/C11H19N3O4/c15-10(16)8-1-2-9(7-8)12-11(17)13-14-3-5-18-6-4-14/h8-9H,1-7H2,(H,15,16)(H2,12,13,17). The number of hydrogen-bond donors (Lipinski definition) is 3. The highest BCUT2D eigenvalue weighted by Crippen LogP contribution is 2.25. The molecule has 0 spiro atoms. The van der Waals surface area contributed by atoms with E-state index in [0.29, 0.717) is 39.1 Å². The van der Waals surface area contributed by atoms with Crippen LogP contribution in [0.3, 0.4) is 0 Å². The summed E-state index contributed by atoms with van der Waals surface area (Å²) in [6, 6.07) is -0.292. The zero-order valence-corrected chi connectivity index (χ0v) is 10.2. The lowest BCUT2D eigenvalue weighted by Gasteiger charge is -2.27. The van der Waals surface area contributed by atoms with Gasteiger partial charge in [0, 0.05) is 19.1 Å². The number of carbonyl (C=O) groups is 2. The lowest BCUT2D eigenvalue weighted by Crippen LogP contribution is -2.53. The summed E-state index contributed by atoms with van der Waals surface area (Å²) in [5.41, 5.74) is 2.75. The second kappa shape index (κ2) is 6.01. The van der Waals surface area contributed by atoms with Crippen molar-refractivity contribution < 1.29 is 19.4 Å². The van der Waals surface area contributed by atoms with Crippen molar-refractivity contribution in [3.63, 3.8) is 0 Å². The van der Waals surface area contributed by atoms with Gasteiger partial charge in [0.25, 0.3) is 0 Å². The maximum atomic E-state index is 11.7. The molecular weight excluding hydrogens is 238 g/mol. The molecule has 2 amide bonds. The Morgan fingerprint density at radius 1 is 1.22 bits per heavy atom. The number of carbonyl (C=O) groups excluding carboxylic acids is 1. The van der Waals surface area contributed by atoms with Crippen LogP contribution >= 0.6 is 0 Å². The van der Waals surface area contributed by atoms with Gasteiger partial charge in [0.05, 0.1) is 19.1 Å². The van der Waals surface area contributed by atoms with E-state index in [1.54, 1.807) is 0 Å². The van der Waals surface area contributed by atoms with Gasteiger partial charge in [-0.15, -0.1) is 0 Å². The van der Waals surface area contributed by atoms with Crippen LogP contribution in [0.4, 0.5) is 4.79 Å². The lowest BCUT2D eigenvalue weighted by atomic mass is 10.1. The third-order valence-electron chi connectivity index (χ3n) is 3.39. The first-order chi connectivity index (χ1) is 8.65. The Kier molecular flexibility index (Phi) is 4.38. The van der Waals surface area contributed by atoms with Gasteiger partial charge >= 0.3 is 12.0 Å². The highest BCUT2D eigenvalue weighted by molar-refractivity contribution is 5.74. The summed E-state index contributed by atoms with van der Waals surface area (Å²) < 4.78 is 5.18. The summed E-state index contributed by atoms with van der Waals surface area (Å²) in [4.78, 5) is 22.5. The minimum absolute atomic E-state index is 0.0351. The zero-order chi connectivity index (χ0) is 13.0. The third-order valence-corrected chi connectivity index (χ3v) is 3.39. The first-order valence-corrected chi connectivity index (χ1v) is 6.28. The maximum absolute atomic E-state index is 11.7. The third kappa shape index (κ3) is 3.58. The number of rotatable bonds is 3. The Labute approximate surface area is 105 Å². The van der Waals surface area contributed by atoms with Crippen LogP contribution in [0, 0.1) is 5.92 Å². The molecule has 1 aliphatic carbocycles. The molecule has 2 rings (SSSR count). The Morgan fingerprint density at radius 2 is 1.94 bits per heavy atom. The number of urea groups is 1. The van der Waals surface area contributed by atoms with Gasteiger partial charge in [0.1, 0.15) is 0 Å². The molecule has 1 heterocycles. The van der Waals surface area contributed by atoms with Crippen molar-refractivity contribution >= 4 is 12.0 Å². The number of hydrogen-bond acceptors (Lipinski definition) is 4. The summed E-state index contributed by atoms with van der Waals surface area (Å²) in [5, 5.41) is 13.5. The molecule has 2 unspecified atom stereocenters. The SMILES string of the molecule is O=C(NC1CCC(C(=O)O)C1)NN1CCOCC1. The van der Waals surface area contributed by atoms with Crippen LogP contribution in [0.15, 0.2) is 0 Å². The molecule has 0 radical (unpaired) electrons. The van der Waals surface area contributed by atoms with E-state index in [1.807, 2.05) is 5.01 Å². The maximum Gasteiger partial charge on any atom is 0.329 e. The molecular formula is C11H19N3O4. The van der Waals surface area contributed by atoms with E-state index in [-0.39, 0.29) is 18.0 Å². The van der Waals surface area contributed by atoms with Gasteiger partial charge in [-0.2, -0.15) is 0 Å². The van der Waals surface area contributed by atoms with Gasteiger partial charge < -0.3 is 15.2 Å². The number of amides is 2. The molecule has 1 saturated carbocycles. The van der Waals surface area contributed by atoms with Crippen molar-refractivity contribution in [2.75, 3.05) is 26.3 Å². The van der Waals surface area contributed by atoms with Crippen LogP contribution in [-0.4, -0.2) is 54.5 Å². The molecule has 0 aromatic carbocycles. The average molecular weight is 257 g/mol. The van der Waals surface area contributed by atoms with Crippen LogP contribution < -0.4 is 10.7 Å². The number of nitrogens with zero attached hydrogens (tertiary/aromatic N) is 1. The van der Waals surface area contributed by atoms with E-state index in [9.17, 15) is 9.59 Å². The fourth-order valence-corrected chi connectivity index (χ4v) is 2.37. The Bertz CT molecular complexity index is 317. The molecule has 102 valence electrons. The van der Waals surface area contributed by atoms with Crippen LogP contribution in [-0.2, 0) is 9.53 Å². The fourth-order valence-electron chi connectivity index (χ4n) is 2.37. The highest BCUT2D eigenvalue weighted by atomic mass is 16.5. The monoisotopic (exact) mass is 257 g/mol. The quantitative estimate of drug-likeness (QED) is 0.650. The molecule has 7 heteroatoms. The topological polar surface area (TPSA) is 90.9 Å². The Balaban J connectivity index is 1.69. The molecule has 0 aromatic rings. The highest BCUT2D eigenvalue weighted by Gasteiger charge is 2.30. The number of nitrogens with one attached hydrogen (secondary N) is 2. The number of carboxylic acids is 1. The largest absolute Gasteiger partial charge is 0.481 e. The molecule has 1 aliphatic heterocycles. The molecule has 3 N–H and O–H groups in total. The summed E-state index contributed by atoms with van der Waals surface area (Å²) in [6.45, 7) is 2.58. The summed E-state index contributed by atoms with van der Waals surface area (Å²) in [5.74, 6) is -1.09. The minimum Gasteiger partial charge on any atom is -0.481 e. The Morgan fingerprint density at radius 3 is 2.56 bits per heavy atom. The van der Waals surface area contributed by atoms with Crippen molar-refractivity contribution in [2.45, 2.75) is 25.3 Å². The number of morpholine rings is 1. The number of carboxylic acid groups (broad SMARTS) is 1. The lowest BCUT2D eigenvalue weighted by molar-refractivity contribution is -0.141. The molecule has 0 aromatic heterocycles. The van der Waals surface area contributed by atoms with Gasteiger partial charge in [-0.1, -0.05) is 0 Å². The molecule has 18 heavy (non-hydrogen) atoms. The first kappa shape index (κ1) is 13.1. The fraction of sp³-hybridized carbons (Fsp3) is 0.818. The van der Waals surface area contributed by atoms with E-state index in [1.165, 1.54) is 0 Å². The van der Waals surface area contributed by atoms with Crippen molar-refractivity contribution in [3.05, 3.63) is 0 Å². The minimum atomic E-state index is -0.770. The second-order valence-corrected chi connectivity index (χ2v) is 4.73.